The third kappa shape index (κ3) is 6.01. The summed E-state index contributed by atoms with van der Waals surface area (Å²) in [4.78, 5) is 10.4. The quantitative estimate of drug-likeness (QED) is 0.677. The van der Waals surface area contributed by atoms with Gasteiger partial charge in [-0.05, 0) is 12.3 Å². The van der Waals surface area contributed by atoms with Crippen molar-refractivity contribution in [3.8, 4) is 0 Å². The number of carboxylic acids is 1. The maximum Gasteiger partial charge on any atom is 0.225 e. The molecular formula is C16H18O2Y-2. The Morgan fingerprint density at radius 3 is 2.79 bits per heavy atom. The van der Waals surface area contributed by atoms with Crippen molar-refractivity contribution >= 4 is 12.0 Å². The molecule has 2 rings (SSSR count). The van der Waals surface area contributed by atoms with Crippen LogP contribution in [0.3, 0.4) is 0 Å². The molecule has 1 aliphatic rings. The summed E-state index contributed by atoms with van der Waals surface area (Å²) >= 11 is 0. The van der Waals surface area contributed by atoms with E-state index in [1.807, 2.05) is 12.1 Å². The van der Waals surface area contributed by atoms with Gasteiger partial charge in [0.05, 0.1) is 0 Å². The number of benzene rings is 1. The van der Waals surface area contributed by atoms with E-state index in [0.29, 0.717) is 0 Å². The molecule has 1 aromatic rings. The Morgan fingerprint density at radius 2 is 2.11 bits per heavy atom. The van der Waals surface area contributed by atoms with Crippen LogP contribution in [-0.4, -0.2) is 11.1 Å². The zero-order valence-electron chi connectivity index (χ0n) is 11.1. The Morgan fingerprint density at radius 1 is 1.37 bits per heavy atom. The Kier molecular flexibility index (Phi) is 7.56. The van der Waals surface area contributed by atoms with Gasteiger partial charge in [-0.2, -0.15) is 11.6 Å². The summed E-state index contributed by atoms with van der Waals surface area (Å²) < 4.78 is 0. The van der Waals surface area contributed by atoms with Gasteiger partial charge in [0, 0.05) is 32.7 Å². The zero-order chi connectivity index (χ0) is 12.8. The van der Waals surface area contributed by atoms with Gasteiger partial charge in [0.25, 0.3) is 0 Å². The molecule has 0 heterocycles. The molecule has 0 amide bonds. The summed E-state index contributed by atoms with van der Waals surface area (Å²) in [5, 5.41) is 8.55. The Bertz CT molecular complexity index is 434. The van der Waals surface area contributed by atoms with Crippen molar-refractivity contribution in [3.05, 3.63) is 41.5 Å². The second kappa shape index (κ2) is 8.65. The fourth-order valence-electron chi connectivity index (χ4n) is 2.58. The Balaban J connectivity index is 0.00000180. The van der Waals surface area contributed by atoms with Gasteiger partial charge >= 0.3 is 0 Å². The molecule has 1 aromatic carbocycles. The predicted molar refractivity (Wildman–Crippen MR) is 70.9 cm³/mol. The van der Waals surface area contributed by atoms with Crippen molar-refractivity contribution in [2.45, 2.75) is 38.5 Å². The van der Waals surface area contributed by atoms with Crippen molar-refractivity contribution < 1.29 is 42.6 Å². The first-order chi connectivity index (χ1) is 8.74. The molecule has 1 N–H and O–H groups in total. The summed E-state index contributed by atoms with van der Waals surface area (Å²) in [5.41, 5.74) is 1.98. The van der Waals surface area contributed by atoms with Gasteiger partial charge in [-0.1, -0.05) is 32.1 Å². The number of aliphatic carboxylic acids is 1. The van der Waals surface area contributed by atoms with Gasteiger partial charge < -0.3 is 16.7 Å². The molecule has 0 spiro atoms. The van der Waals surface area contributed by atoms with Gasteiger partial charge in [-0.25, -0.2) is 18.2 Å². The summed E-state index contributed by atoms with van der Waals surface area (Å²) in [6.07, 6.45) is 11.5. The van der Waals surface area contributed by atoms with E-state index in [4.69, 9.17) is 5.11 Å². The van der Waals surface area contributed by atoms with E-state index in [2.05, 4.69) is 18.2 Å². The molecule has 1 saturated carbocycles. The van der Waals surface area contributed by atoms with Crippen LogP contribution in [0.25, 0.3) is 6.08 Å². The number of carboxylic acid groups (broad SMARTS) is 1. The number of rotatable bonds is 4. The smallest absolute Gasteiger partial charge is 0.225 e. The molecule has 1 aliphatic carbocycles. The minimum atomic E-state index is -1.04. The SMILES string of the molecule is O=C(O)[C-]=Cc1[c-]c(CC2CCCCC2)ccc1.[Y]. The van der Waals surface area contributed by atoms with Crippen LogP contribution >= 0.6 is 0 Å². The van der Waals surface area contributed by atoms with Crippen molar-refractivity contribution in [2.24, 2.45) is 5.92 Å². The van der Waals surface area contributed by atoms with Crippen LogP contribution in [0.1, 0.15) is 43.2 Å². The summed E-state index contributed by atoms with van der Waals surface area (Å²) in [6.45, 7) is 0. The number of hydrogen-bond acceptors (Lipinski definition) is 1. The minimum absolute atomic E-state index is 0. The van der Waals surface area contributed by atoms with E-state index in [1.165, 1.54) is 43.7 Å². The van der Waals surface area contributed by atoms with Gasteiger partial charge in [-0.3, -0.25) is 4.79 Å². The fourth-order valence-corrected chi connectivity index (χ4v) is 2.58. The second-order valence-corrected chi connectivity index (χ2v) is 4.93. The summed E-state index contributed by atoms with van der Waals surface area (Å²) in [5.74, 6) is -0.265. The van der Waals surface area contributed by atoms with E-state index in [9.17, 15) is 4.79 Å². The Hall–Kier alpha value is -0.466. The maximum absolute atomic E-state index is 10.4. The first kappa shape index (κ1) is 16.6. The normalized spacial score (nSPS) is 16.2. The molecule has 2 nitrogen and oxygen atoms in total. The van der Waals surface area contributed by atoms with Crippen molar-refractivity contribution in [3.63, 3.8) is 0 Å². The third-order valence-corrected chi connectivity index (χ3v) is 3.46. The molecule has 0 bridgehead atoms. The Labute approximate surface area is 140 Å². The molecule has 0 unspecified atom stereocenters. The first-order valence-electron chi connectivity index (χ1n) is 6.58. The molecular weight excluding hydrogens is 313 g/mol. The molecule has 99 valence electrons. The third-order valence-electron chi connectivity index (χ3n) is 3.46. The fraction of sp³-hybridized carbons (Fsp3) is 0.438. The van der Waals surface area contributed by atoms with Gasteiger partial charge in [-0.15, -0.1) is 6.07 Å². The van der Waals surface area contributed by atoms with Crippen LogP contribution in [0.2, 0.25) is 0 Å². The van der Waals surface area contributed by atoms with Crippen LogP contribution in [0, 0.1) is 18.1 Å². The summed E-state index contributed by atoms with van der Waals surface area (Å²) in [6, 6.07) is 9.17. The number of hydrogen-bond donors (Lipinski definition) is 1. The van der Waals surface area contributed by atoms with Crippen LogP contribution in [0.4, 0.5) is 0 Å². The van der Waals surface area contributed by atoms with Crippen LogP contribution in [0.5, 0.6) is 0 Å². The molecule has 19 heavy (non-hydrogen) atoms. The van der Waals surface area contributed by atoms with E-state index < -0.39 is 5.97 Å². The number of carbonyl (C=O) groups is 1. The van der Waals surface area contributed by atoms with E-state index >= 15 is 0 Å². The standard InChI is InChI=1S/C16H18O2.Y/c17-16(18)10-9-14-7-4-8-15(12-14)11-13-5-2-1-3-6-13;/h4,7-9,13H,1-3,5-6,11H2,(H,17,18);/q-2;. The molecule has 1 radical (unpaired) electrons. The topological polar surface area (TPSA) is 37.3 Å². The molecule has 0 aliphatic heterocycles. The van der Waals surface area contributed by atoms with E-state index in [0.717, 1.165) is 17.9 Å². The predicted octanol–water partition coefficient (Wildman–Crippen LogP) is 3.51. The van der Waals surface area contributed by atoms with Gasteiger partial charge in [0.1, 0.15) is 0 Å². The minimum Gasteiger partial charge on any atom is -0.493 e. The molecule has 0 saturated heterocycles. The van der Waals surface area contributed by atoms with Crippen molar-refractivity contribution in [2.75, 3.05) is 0 Å². The zero-order valence-corrected chi connectivity index (χ0v) is 13.9. The first-order valence-corrected chi connectivity index (χ1v) is 6.58. The van der Waals surface area contributed by atoms with Crippen LogP contribution in [-0.2, 0) is 43.9 Å². The van der Waals surface area contributed by atoms with Gasteiger partial charge in [0.2, 0.25) is 5.97 Å². The average Bonchev–Trinajstić information content (AvgIpc) is 2.38. The van der Waals surface area contributed by atoms with E-state index in [1.54, 1.807) is 0 Å². The second-order valence-electron chi connectivity index (χ2n) is 4.93. The van der Waals surface area contributed by atoms with E-state index in [-0.39, 0.29) is 32.7 Å². The summed E-state index contributed by atoms with van der Waals surface area (Å²) in [7, 11) is 0. The molecule has 1 fully saturated rings. The maximum atomic E-state index is 10.4. The van der Waals surface area contributed by atoms with Crippen LogP contribution in [0.15, 0.2) is 18.2 Å². The van der Waals surface area contributed by atoms with Crippen LogP contribution < -0.4 is 0 Å². The molecule has 0 atom stereocenters. The average molecular weight is 331 g/mol. The van der Waals surface area contributed by atoms with Gasteiger partial charge in [0.15, 0.2) is 0 Å². The monoisotopic (exact) mass is 331 g/mol. The van der Waals surface area contributed by atoms with Crippen molar-refractivity contribution in [1.29, 1.82) is 0 Å². The molecule has 3 heteroatoms. The molecule has 0 aromatic heterocycles. The van der Waals surface area contributed by atoms with Crippen molar-refractivity contribution in [1.82, 2.24) is 0 Å². The largest absolute Gasteiger partial charge is 0.493 e.